The zero-order chi connectivity index (χ0) is 13.9. The summed E-state index contributed by atoms with van der Waals surface area (Å²) in [6.07, 6.45) is 3.98. The smallest absolute Gasteiger partial charge is 0.325 e. The minimum atomic E-state index is -1.12. The molecule has 4 N–H and O–H groups in total. The largest absolute Gasteiger partial charge is 0.480 e. The summed E-state index contributed by atoms with van der Waals surface area (Å²) in [5.74, 6) is -0.333. The van der Waals surface area contributed by atoms with E-state index in [9.17, 15) is 4.79 Å². The number of hydrogen-bond acceptors (Lipinski definition) is 6. The minimum absolute atomic E-state index is 0.358. The van der Waals surface area contributed by atoms with Crippen molar-refractivity contribution in [3.05, 3.63) is 18.0 Å². The fourth-order valence-electron chi connectivity index (χ4n) is 2.17. The molecule has 2 rings (SSSR count). The second kappa shape index (κ2) is 5.50. The molecule has 1 aromatic rings. The molecule has 1 unspecified atom stereocenters. The van der Waals surface area contributed by atoms with E-state index in [0.29, 0.717) is 32.0 Å². The standard InChI is InChI=1S/C12H19N5O2/c1-2-14-11-15-5-9(6-16-11)7-17-4-3-12(13,8-17)10(18)19/h5-6H,2-4,7-8,13H2,1H3,(H,18,19)(H,14,15,16). The predicted octanol–water partition coefficient (Wildman–Crippen LogP) is -0.104. The van der Waals surface area contributed by atoms with Gasteiger partial charge in [0.1, 0.15) is 5.54 Å². The SMILES string of the molecule is CCNc1ncc(CN2CCC(N)(C(=O)O)C2)cn1. The van der Waals surface area contributed by atoms with Crippen molar-refractivity contribution < 1.29 is 9.90 Å². The van der Waals surface area contributed by atoms with E-state index in [-0.39, 0.29) is 0 Å². The van der Waals surface area contributed by atoms with Crippen LogP contribution in [-0.2, 0) is 11.3 Å². The first-order valence-corrected chi connectivity index (χ1v) is 6.33. The van der Waals surface area contributed by atoms with Crippen LogP contribution in [0, 0.1) is 0 Å². The Morgan fingerprint density at radius 2 is 2.26 bits per heavy atom. The average molecular weight is 265 g/mol. The van der Waals surface area contributed by atoms with Gasteiger partial charge in [0, 0.05) is 44.1 Å². The number of nitrogens with one attached hydrogen (secondary N) is 1. The lowest BCUT2D eigenvalue weighted by Crippen LogP contribution is -2.50. The number of anilines is 1. The molecule has 0 amide bonds. The Balaban J connectivity index is 1.94. The molecule has 104 valence electrons. The highest BCUT2D eigenvalue weighted by Crippen LogP contribution is 2.20. The van der Waals surface area contributed by atoms with Gasteiger partial charge in [-0.05, 0) is 13.3 Å². The molecule has 0 spiro atoms. The van der Waals surface area contributed by atoms with Gasteiger partial charge in [-0.15, -0.1) is 0 Å². The van der Waals surface area contributed by atoms with E-state index in [2.05, 4.69) is 15.3 Å². The molecule has 1 atom stereocenters. The number of aliphatic carboxylic acids is 1. The van der Waals surface area contributed by atoms with E-state index in [1.54, 1.807) is 12.4 Å². The monoisotopic (exact) mass is 265 g/mol. The molecule has 1 aliphatic heterocycles. The van der Waals surface area contributed by atoms with Gasteiger partial charge in [0.25, 0.3) is 0 Å². The van der Waals surface area contributed by atoms with Crippen molar-refractivity contribution in [1.29, 1.82) is 0 Å². The second-order valence-corrected chi connectivity index (χ2v) is 4.87. The summed E-state index contributed by atoms with van der Waals surface area (Å²) in [6, 6.07) is 0. The van der Waals surface area contributed by atoms with Gasteiger partial charge in [-0.3, -0.25) is 9.69 Å². The van der Waals surface area contributed by atoms with Crippen molar-refractivity contribution >= 4 is 11.9 Å². The zero-order valence-electron chi connectivity index (χ0n) is 11.0. The molecular formula is C12H19N5O2. The Morgan fingerprint density at radius 3 is 2.79 bits per heavy atom. The normalized spacial score (nSPS) is 23.5. The van der Waals surface area contributed by atoms with Crippen LogP contribution in [0.5, 0.6) is 0 Å². The number of nitrogens with zero attached hydrogens (tertiary/aromatic N) is 3. The minimum Gasteiger partial charge on any atom is -0.480 e. The summed E-state index contributed by atoms with van der Waals surface area (Å²) in [7, 11) is 0. The molecule has 7 nitrogen and oxygen atoms in total. The third-order valence-electron chi connectivity index (χ3n) is 3.25. The average Bonchev–Trinajstić information content (AvgIpc) is 2.75. The quantitative estimate of drug-likeness (QED) is 0.682. The number of nitrogens with two attached hydrogens (primary N) is 1. The van der Waals surface area contributed by atoms with E-state index in [1.165, 1.54) is 0 Å². The van der Waals surface area contributed by atoms with Crippen LogP contribution in [0.1, 0.15) is 18.9 Å². The Morgan fingerprint density at radius 1 is 1.58 bits per heavy atom. The van der Waals surface area contributed by atoms with Crippen LogP contribution >= 0.6 is 0 Å². The van der Waals surface area contributed by atoms with Gasteiger partial charge in [0.05, 0.1) is 0 Å². The van der Waals surface area contributed by atoms with Crippen molar-refractivity contribution in [1.82, 2.24) is 14.9 Å². The van der Waals surface area contributed by atoms with Crippen LogP contribution in [0.25, 0.3) is 0 Å². The van der Waals surface area contributed by atoms with Crippen LogP contribution in [0.4, 0.5) is 5.95 Å². The Bertz CT molecular complexity index is 450. The number of carbonyl (C=O) groups is 1. The Kier molecular flexibility index (Phi) is 3.96. The summed E-state index contributed by atoms with van der Waals surface area (Å²) in [5, 5.41) is 12.1. The van der Waals surface area contributed by atoms with Crippen LogP contribution in [0.3, 0.4) is 0 Å². The highest BCUT2D eigenvalue weighted by molar-refractivity contribution is 5.79. The summed E-state index contributed by atoms with van der Waals surface area (Å²) >= 11 is 0. The molecule has 0 radical (unpaired) electrons. The summed E-state index contributed by atoms with van der Waals surface area (Å²) < 4.78 is 0. The van der Waals surface area contributed by atoms with Crippen molar-refractivity contribution in [2.75, 3.05) is 25.0 Å². The zero-order valence-corrected chi connectivity index (χ0v) is 11.0. The van der Waals surface area contributed by atoms with E-state index in [0.717, 1.165) is 12.1 Å². The van der Waals surface area contributed by atoms with Crippen molar-refractivity contribution in [2.24, 2.45) is 5.73 Å². The lowest BCUT2D eigenvalue weighted by atomic mass is 10.0. The summed E-state index contributed by atoms with van der Waals surface area (Å²) in [4.78, 5) is 21.4. The van der Waals surface area contributed by atoms with Gasteiger partial charge in [0.15, 0.2) is 0 Å². The first-order valence-electron chi connectivity index (χ1n) is 6.33. The molecule has 1 fully saturated rings. The van der Waals surface area contributed by atoms with Gasteiger partial charge in [0.2, 0.25) is 5.95 Å². The molecule has 0 bridgehead atoms. The van der Waals surface area contributed by atoms with E-state index < -0.39 is 11.5 Å². The van der Waals surface area contributed by atoms with Crippen molar-refractivity contribution in [2.45, 2.75) is 25.4 Å². The maximum Gasteiger partial charge on any atom is 0.325 e. The molecule has 19 heavy (non-hydrogen) atoms. The molecule has 1 aliphatic rings. The van der Waals surface area contributed by atoms with Crippen LogP contribution in [0.15, 0.2) is 12.4 Å². The fraction of sp³-hybridized carbons (Fsp3) is 0.583. The van der Waals surface area contributed by atoms with Gasteiger partial charge in [-0.1, -0.05) is 0 Å². The number of likely N-dealkylation sites (tertiary alicyclic amines) is 1. The third kappa shape index (κ3) is 3.18. The van der Waals surface area contributed by atoms with E-state index in [4.69, 9.17) is 10.8 Å². The molecule has 0 aromatic carbocycles. The Hall–Kier alpha value is -1.73. The third-order valence-corrected chi connectivity index (χ3v) is 3.25. The highest BCUT2D eigenvalue weighted by atomic mass is 16.4. The number of aromatic nitrogens is 2. The summed E-state index contributed by atoms with van der Waals surface area (Å²) in [6.45, 7) is 4.42. The van der Waals surface area contributed by atoms with Gasteiger partial charge < -0.3 is 16.2 Å². The molecule has 0 aliphatic carbocycles. The second-order valence-electron chi connectivity index (χ2n) is 4.87. The van der Waals surface area contributed by atoms with Gasteiger partial charge >= 0.3 is 5.97 Å². The first-order chi connectivity index (χ1) is 9.03. The fourth-order valence-corrected chi connectivity index (χ4v) is 2.17. The number of carboxylic acid groups (broad SMARTS) is 1. The van der Waals surface area contributed by atoms with Crippen molar-refractivity contribution in [3.63, 3.8) is 0 Å². The van der Waals surface area contributed by atoms with Crippen LogP contribution in [-0.4, -0.2) is 51.1 Å². The lowest BCUT2D eigenvalue weighted by molar-refractivity contribution is -0.142. The molecule has 2 heterocycles. The Labute approximate surface area is 111 Å². The van der Waals surface area contributed by atoms with Crippen LogP contribution < -0.4 is 11.1 Å². The molecule has 7 heteroatoms. The number of hydrogen-bond donors (Lipinski definition) is 3. The predicted molar refractivity (Wildman–Crippen MR) is 70.6 cm³/mol. The van der Waals surface area contributed by atoms with E-state index >= 15 is 0 Å². The molecule has 0 saturated carbocycles. The van der Waals surface area contributed by atoms with Gasteiger partial charge in [-0.25, -0.2) is 9.97 Å². The number of rotatable bonds is 5. The van der Waals surface area contributed by atoms with Crippen LogP contribution in [0.2, 0.25) is 0 Å². The first kappa shape index (κ1) is 13.7. The number of carboxylic acids is 1. The maximum atomic E-state index is 11.1. The highest BCUT2D eigenvalue weighted by Gasteiger charge is 2.41. The van der Waals surface area contributed by atoms with Gasteiger partial charge in [-0.2, -0.15) is 0 Å². The molecular weight excluding hydrogens is 246 g/mol. The molecule has 1 aromatic heterocycles. The maximum absolute atomic E-state index is 11.1. The lowest BCUT2D eigenvalue weighted by Gasteiger charge is -2.19. The molecule has 1 saturated heterocycles. The van der Waals surface area contributed by atoms with Crippen molar-refractivity contribution in [3.8, 4) is 0 Å². The van der Waals surface area contributed by atoms with E-state index in [1.807, 2.05) is 11.8 Å². The topological polar surface area (TPSA) is 104 Å². The summed E-state index contributed by atoms with van der Waals surface area (Å²) in [5.41, 5.74) is 5.66.